The monoisotopic (exact) mass is 435 g/mol. The van der Waals surface area contributed by atoms with Crippen LogP contribution in [0.25, 0.3) is 0 Å². The molecule has 1 aliphatic rings. The average molecular weight is 436 g/mol. The van der Waals surface area contributed by atoms with Gasteiger partial charge in [0, 0.05) is 17.2 Å². The van der Waals surface area contributed by atoms with E-state index in [2.05, 4.69) is 11.2 Å². The molecule has 2 aromatic carbocycles. The summed E-state index contributed by atoms with van der Waals surface area (Å²) in [6, 6.07) is 20.4. The molecule has 7 heteroatoms. The van der Waals surface area contributed by atoms with Crippen molar-refractivity contribution < 1.29 is 9.21 Å². The molecule has 5 nitrogen and oxygen atoms in total. The number of carbonyl (C=O) groups excluding carboxylic acids is 1. The van der Waals surface area contributed by atoms with Gasteiger partial charge in [-0.15, -0.1) is 11.8 Å². The number of nitrogens with zero attached hydrogens (tertiary/aromatic N) is 3. The van der Waals surface area contributed by atoms with Crippen molar-refractivity contribution in [2.24, 2.45) is 5.10 Å². The summed E-state index contributed by atoms with van der Waals surface area (Å²) in [4.78, 5) is 13.0. The van der Waals surface area contributed by atoms with Crippen molar-refractivity contribution >= 4 is 35.0 Å². The Bertz CT molecular complexity index is 1100. The number of amides is 1. The van der Waals surface area contributed by atoms with Gasteiger partial charge in [-0.05, 0) is 47.5 Å². The third-order valence-corrected chi connectivity index (χ3v) is 6.01. The van der Waals surface area contributed by atoms with Crippen molar-refractivity contribution in [2.45, 2.75) is 18.2 Å². The second-order valence-corrected chi connectivity index (χ2v) is 8.25. The van der Waals surface area contributed by atoms with Crippen molar-refractivity contribution in [3.63, 3.8) is 0 Å². The van der Waals surface area contributed by atoms with Crippen molar-refractivity contribution in [1.82, 2.24) is 5.01 Å². The molecular formula is C23H18ClN3O2S. The average Bonchev–Trinajstić information content (AvgIpc) is 3.44. The van der Waals surface area contributed by atoms with Gasteiger partial charge in [0.2, 0.25) is 0 Å². The van der Waals surface area contributed by atoms with Crippen LogP contribution >= 0.6 is 23.4 Å². The molecule has 4 rings (SSSR count). The summed E-state index contributed by atoms with van der Waals surface area (Å²) < 4.78 is 5.57. The standard InChI is InChI=1S/C23H18ClN3O2S/c24-19-8-6-18(7-9-19)20-12-21(22-5-2-10-29-22)27(26-20)23(28)15-30-14-17-4-1-3-16(11-17)13-25/h1-11,21H,12,14-15H2/t21-/m0/s1. The summed E-state index contributed by atoms with van der Waals surface area (Å²) in [7, 11) is 0. The third kappa shape index (κ3) is 4.59. The fourth-order valence-corrected chi connectivity index (χ4v) is 4.26. The van der Waals surface area contributed by atoms with E-state index in [1.165, 1.54) is 16.8 Å². The normalized spacial score (nSPS) is 15.7. The summed E-state index contributed by atoms with van der Waals surface area (Å²) in [6.07, 6.45) is 2.19. The van der Waals surface area contributed by atoms with Gasteiger partial charge in [-0.25, -0.2) is 5.01 Å². The van der Waals surface area contributed by atoms with Crippen LogP contribution in [0.15, 0.2) is 76.4 Å². The van der Waals surface area contributed by atoms with Crippen molar-refractivity contribution in [3.8, 4) is 6.07 Å². The molecule has 0 saturated heterocycles. The van der Waals surface area contributed by atoms with Gasteiger partial charge in [0.05, 0.1) is 29.4 Å². The lowest BCUT2D eigenvalue weighted by Gasteiger charge is -2.19. The van der Waals surface area contributed by atoms with Crippen LogP contribution in [0.4, 0.5) is 0 Å². The molecule has 150 valence electrons. The Morgan fingerprint density at radius 1 is 1.23 bits per heavy atom. The van der Waals surface area contributed by atoms with Crippen LogP contribution in [0.1, 0.15) is 34.9 Å². The van der Waals surface area contributed by atoms with Gasteiger partial charge in [-0.2, -0.15) is 10.4 Å². The topological polar surface area (TPSA) is 69.6 Å². The molecule has 0 unspecified atom stereocenters. The fourth-order valence-electron chi connectivity index (χ4n) is 3.31. The minimum atomic E-state index is -0.263. The Morgan fingerprint density at radius 2 is 2.07 bits per heavy atom. The molecule has 2 heterocycles. The van der Waals surface area contributed by atoms with E-state index in [9.17, 15) is 4.79 Å². The molecule has 1 amide bonds. The maximum Gasteiger partial charge on any atom is 0.253 e. The Kier molecular flexibility index (Phi) is 6.22. The molecule has 0 bridgehead atoms. The number of halogens is 1. The van der Waals surface area contributed by atoms with Crippen LogP contribution < -0.4 is 0 Å². The molecule has 1 aromatic heterocycles. The highest BCUT2D eigenvalue weighted by molar-refractivity contribution is 7.99. The molecule has 0 N–H and O–H groups in total. The first-order valence-corrected chi connectivity index (χ1v) is 10.9. The summed E-state index contributed by atoms with van der Waals surface area (Å²) in [6.45, 7) is 0. The molecule has 0 fully saturated rings. The lowest BCUT2D eigenvalue weighted by molar-refractivity contribution is -0.130. The number of carbonyl (C=O) groups is 1. The molecule has 1 atom stereocenters. The molecular weight excluding hydrogens is 418 g/mol. The summed E-state index contributed by atoms with van der Waals surface area (Å²) in [5.41, 5.74) is 3.40. The zero-order chi connectivity index (χ0) is 20.9. The van der Waals surface area contributed by atoms with Crippen LogP contribution in [0, 0.1) is 11.3 Å². The van der Waals surface area contributed by atoms with Crippen LogP contribution in [-0.2, 0) is 10.5 Å². The largest absolute Gasteiger partial charge is 0.467 e. The Balaban J connectivity index is 1.47. The van der Waals surface area contributed by atoms with Gasteiger partial charge in [0.1, 0.15) is 11.8 Å². The molecule has 30 heavy (non-hydrogen) atoms. The van der Waals surface area contributed by atoms with Gasteiger partial charge < -0.3 is 4.42 Å². The SMILES string of the molecule is N#Cc1cccc(CSCC(=O)N2N=C(c3ccc(Cl)cc3)C[C@H]2c2ccco2)c1. The molecule has 3 aromatic rings. The van der Waals surface area contributed by atoms with E-state index in [1.54, 1.807) is 12.3 Å². The molecule has 0 radical (unpaired) electrons. The first kappa shape index (κ1) is 20.3. The maximum absolute atomic E-state index is 13.0. The lowest BCUT2D eigenvalue weighted by Crippen LogP contribution is -2.28. The number of hydrogen-bond acceptors (Lipinski definition) is 5. The maximum atomic E-state index is 13.0. The number of nitriles is 1. The first-order valence-electron chi connectivity index (χ1n) is 9.39. The highest BCUT2D eigenvalue weighted by Crippen LogP contribution is 2.34. The third-order valence-electron chi connectivity index (χ3n) is 4.77. The Morgan fingerprint density at radius 3 is 2.80 bits per heavy atom. The Labute approximate surface area is 183 Å². The van der Waals surface area contributed by atoms with Crippen LogP contribution in [0.5, 0.6) is 0 Å². The smallest absolute Gasteiger partial charge is 0.253 e. The molecule has 1 aliphatic heterocycles. The molecule has 0 saturated carbocycles. The van der Waals surface area contributed by atoms with Crippen molar-refractivity contribution in [3.05, 3.63) is 94.4 Å². The van der Waals surface area contributed by atoms with Gasteiger partial charge in [-0.1, -0.05) is 35.9 Å². The molecule has 0 spiro atoms. The van der Waals surface area contributed by atoms with Crippen LogP contribution in [0.3, 0.4) is 0 Å². The van der Waals surface area contributed by atoms with E-state index in [-0.39, 0.29) is 17.7 Å². The van der Waals surface area contributed by atoms with E-state index >= 15 is 0 Å². The van der Waals surface area contributed by atoms with Gasteiger partial charge in [0.15, 0.2) is 0 Å². The predicted octanol–water partition coefficient (Wildman–Crippen LogP) is 5.42. The van der Waals surface area contributed by atoms with E-state index in [4.69, 9.17) is 21.3 Å². The van der Waals surface area contributed by atoms with Gasteiger partial charge in [-0.3, -0.25) is 4.79 Å². The zero-order valence-electron chi connectivity index (χ0n) is 16.0. The number of hydrazone groups is 1. The van der Waals surface area contributed by atoms with Crippen LogP contribution in [-0.4, -0.2) is 22.4 Å². The van der Waals surface area contributed by atoms with Crippen LogP contribution in [0.2, 0.25) is 5.02 Å². The number of hydrogen-bond donors (Lipinski definition) is 0. The van der Waals surface area contributed by atoms with E-state index < -0.39 is 0 Å². The number of rotatable bonds is 6. The minimum absolute atomic E-state index is 0.0817. The Hall–Kier alpha value is -3.01. The number of benzene rings is 2. The predicted molar refractivity (Wildman–Crippen MR) is 118 cm³/mol. The summed E-state index contributed by atoms with van der Waals surface area (Å²) in [5.74, 6) is 1.56. The van der Waals surface area contributed by atoms with E-state index in [0.29, 0.717) is 28.5 Å². The van der Waals surface area contributed by atoms with E-state index in [0.717, 1.165) is 16.8 Å². The van der Waals surface area contributed by atoms with E-state index in [1.807, 2.05) is 54.6 Å². The second-order valence-electron chi connectivity index (χ2n) is 6.83. The van der Waals surface area contributed by atoms with Gasteiger partial charge in [0.25, 0.3) is 5.91 Å². The highest BCUT2D eigenvalue weighted by atomic mass is 35.5. The number of furan rings is 1. The van der Waals surface area contributed by atoms with Gasteiger partial charge >= 0.3 is 0 Å². The number of thioether (sulfide) groups is 1. The quantitative estimate of drug-likeness (QED) is 0.518. The summed E-state index contributed by atoms with van der Waals surface area (Å²) in [5, 5.41) is 15.8. The lowest BCUT2D eigenvalue weighted by atomic mass is 10.0. The fraction of sp³-hybridized carbons (Fsp3) is 0.174. The minimum Gasteiger partial charge on any atom is -0.467 e. The zero-order valence-corrected chi connectivity index (χ0v) is 17.6. The summed E-state index contributed by atoms with van der Waals surface area (Å²) >= 11 is 7.50. The van der Waals surface area contributed by atoms with Crippen molar-refractivity contribution in [2.75, 3.05) is 5.75 Å². The molecule has 0 aliphatic carbocycles. The first-order chi connectivity index (χ1) is 14.6. The highest BCUT2D eigenvalue weighted by Gasteiger charge is 2.34. The van der Waals surface area contributed by atoms with Crippen molar-refractivity contribution in [1.29, 1.82) is 5.26 Å². The second kappa shape index (κ2) is 9.21.